The SMILES string of the molecule is [K+].[K+].[K+].[O-2].[O-2].[O-2].[O-2].[V]. The smallest absolute Gasteiger partial charge is 1.00 e. The second-order valence-electron chi connectivity index (χ2n) is 0. The van der Waals surface area contributed by atoms with Gasteiger partial charge in [0.1, 0.15) is 0 Å². The molecule has 4 nitrogen and oxygen atoms in total. The number of rotatable bonds is 0. The third-order valence-electron chi connectivity index (χ3n) is 0. The van der Waals surface area contributed by atoms with Crippen LogP contribution in [0.25, 0.3) is 0 Å². The molecule has 0 aliphatic heterocycles. The molecule has 0 N–H and O–H groups in total. The summed E-state index contributed by atoms with van der Waals surface area (Å²) in [4.78, 5) is 0. The van der Waals surface area contributed by atoms with Gasteiger partial charge in [-0.3, -0.25) is 0 Å². The average molecular weight is 232 g/mol. The van der Waals surface area contributed by atoms with Crippen LogP contribution in [0.15, 0.2) is 0 Å². The van der Waals surface area contributed by atoms with Gasteiger partial charge in [-0.05, 0) is 0 Å². The maximum absolute atomic E-state index is 0. The maximum Gasteiger partial charge on any atom is 1.00 e. The second kappa shape index (κ2) is 55.7. The Bertz CT molecular complexity index is 11.2. The third-order valence-corrected chi connectivity index (χ3v) is 0. The number of hydrogen-bond acceptors (Lipinski definition) is 0. The van der Waals surface area contributed by atoms with Crippen LogP contribution in [0.1, 0.15) is 0 Å². The van der Waals surface area contributed by atoms with Crippen molar-refractivity contribution in [2.75, 3.05) is 0 Å². The summed E-state index contributed by atoms with van der Waals surface area (Å²) in [5, 5.41) is 0. The van der Waals surface area contributed by atoms with Gasteiger partial charge in [0.15, 0.2) is 0 Å². The van der Waals surface area contributed by atoms with Crippen molar-refractivity contribution in [3.05, 3.63) is 0 Å². The van der Waals surface area contributed by atoms with Gasteiger partial charge in [0.2, 0.25) is 0 Å². The second-order valence-corrected chi connectivity index (χ2v) is 0. The van der Waals surface area contributed by atoms with E-state index in [0.29, 0.717) is 0 Å². The monoisotopic (exact) mass is 232 g/mol. The normalized spacial score (nSPS) is 0. The average Bonchev–Trinajstić information content (AvgIpc) is 0. The first kappa shape index (κ1) is 71.3. The van der Waals surface area contributed by atoms with E-state index in [1.165, 1.54) is 0 Å². The zero-order valence-electron chi connectivity index (χ0n) is 5.08. The van der Waals surface area contributed by atoms with Crippen molar-refractivity contribution in [1.29, 1.82) is 0 Å². The van der Waals surface area contributed by atoms with Crippen LogP contribution in [0.3, 0.4) is 0 Å². The van der Waals surface area contributed by atoms with E-state index in [2.05, 4.69) is 0 Å². The fourth-order valence-corrected chi connectivity index (χ4v) is 0. The van der Waals surface area contributed by atoms with Crippen molar-refractivity contribution in [2.24, 2.45) is 0 Å². The van der Waals surface area contributed by atoms with E-state index >= 15 is 0 Å². The van der Waals surface area contributed by atoms with Crippen LogP contribution in [-0.2, 0) is 40.5 Å². The zero-order valence-corrected chi connectivity index (χ0v) is 15.8. The molecular formula is K3O4V-5. The number of hydrogen-bond donors (Lipinski definition) is 0. The fraction of sp³-hybridized carbons (Fsp3) is 0. The summed E-state index contributed by atoms with van der Waals surface area (Å²) in [6.07, 6.45) is 0. The molecule has 0 bridgehead atoms. The van der Waals surface area contributed by atoms with Crippen LogP contribution in [0.5, 0.6) is 0 Å². The van der Waals surface area contributed by atoms with Crippen LogP contribution in [0.2, 0.25) is 0 Å². The van der Waals surface area contributed by atoms with Gasteiger partial charge >= 0.3 is 154 Å². The Morgan fingerprint density at radius 3 is 0.375 bits per heavy atom. The van der Waals surface area contributed by atoms with E-state index in [1.54, 1.807) is 0 Å². The molecule has 0 fully saturated rings. The molecule has 0 spiro atoms. The Morgan fingerprint density at radius 2 is 0.375 bits per heavy atom. The van der Waals surface area contributed by atoms with Gasteiger partial charge in [0, 0.05) is 18.6 Å². The zero-order chi connectivity index (χ0) is 0. The molecule has 37 valence electrons. The van der Waals surface area contributed by atoms with Crippen LogP contribution >= 0.6 is 0 Å². The van der Waals surface area contributed by atoms with Crippen molar-refractivity contribution >= 4 is 0 Å². The third kappa shape index (κ3) is 42.5. The minimum absolute atomic E-state index is 0. The molecule has 0 unspecified atom stereocenters. The van der Waals surface area contributed by atoms with Crippen LogP contribution < -0.4 is 154 Å². The van der Waals surface area contributed by atoms with E-state index in [1.807, 2.05) is 0 Å². The Kier molecular flexibility index (Phi) is 496. The van der Waals surface area contributed by atoms with Gasteiger partial charge in [-0.2, -0.15) is 0 Å². The summed E-state index contributed by atoms with van der Waals surface area (Å²) in [6, 6.07) is 0. The standard InChI is InChI=1S/3K.4O.V/q3*+1;4*-2;. The van der Waals surface area contributed by atoms with Gasteiger partial charge in [-0.1, -0.05) is 0 Å². The Balaban J connectivity index is 0. The first-order valence-corrected chi connectivity index (χ1v) is 0. The first-order valence-electron chi connectivity index (χ1n) is 0. The largest absolute Gasteiger partial charge is 2.00 e. The van der Waals surface area contributed by atoms with Crippen LogP contribution in [-0.4, -0.2) is 0 Å². The van der Waals surface area contributed by atoms with Crippen LogP contribution in [0, 0.1) is 0 Å². The Morgan fingerprint density at radius 1 is 0.375 bits per heavy atom. The minimum atomic E-state index is 0. The molecular weight excluding hydrogens is 232 g/mol. The first-order chi connectivity index (χ1) is 0. The molecule has 0 saturated heterocycles. The van der Waals surface area contributed by atoms with E-state index in [4.69, 9.17) is 0 Å². The van der Waals surface area contributed by atoms with E-state index in [0.717, 1.165) is 0 Å². The molecule has 0 aromatic carbocycles. The van der Waals surface area contributed by atoms with Gasteiger partial charge in [-0.25, -0.2) is 0 Å². The fourth-order valence-electron chi connectivity index (χ4n) is 0. The van der Waals surface area contributed by atoms with Gasteiger partial charge in [0.25, 0.3) is 0 Å². The molecule has 8 heteroatoms. The summed E-state index contributed by atoms with van der Waals surface area (Å²) in [5.74, 6) is 0. The van der Waals surface area contributed by atoms with E-state index in [-0.39, 0.29) is 195 Å². The molecule has 0 amide bonds. The van der Waals surface area contributed by atoms with Crippen molar-refractivity contribution in [2.45, 2.75) is 0 Å². The predicted molar refractivity (Wildman–Crippen MR) is 2.75 cm³/mol. The molecule has 0 rings (SSSR count). The van der Waals surface area contributed by atoms with Crippen molar-refractivity contribution in [3.8, 4) is 0 Å². The molecule has 0 aliphatic carbocycles. The molecule has 0 saturated carbocycles. The molecule has 0 heterocycles. The Labute approximate surface area is 188 Å². The predicted octanol–water partition coefficient (Wildman–Crippen LogP) is -9.47. The van der Waals surface area contributed by atoms with Gasteiger partial charge < -0.3 is 21.9 Å². The quantitative estimate of drug-likeness (QED) is 0.369. The van der Waals surface area contributed by atoms with Gasteiger partial charge in [0.05, 0.1) is 0 Å². The van der Waals surface area contributed by atoms with Gasteiger partial charge in [-0.15, -0.1) is 0 Å². The summed E-state index contributed by atoms with van der Waals surface area (Å²) >= 11 is 0. The molecule has 0 aromatic rings. The minimum Gasteiger partial charge on any atom is -2.00 e. The van der Waals surface area contributed by atoms with E-state index < -0.39 is 0 Å². The topological polar surface area (TPSA) is 114 Å². The Hall–Kier alpha value is 5.33. The summed E-state index contributed by atoms with van der Waals surface area (Å²) in [7, 11) is 0. The summed E-state index contributed by atoms with van der Waals surface area (Å²) in [5.41, 5.74) is 0. The molecule has 0 aromatic heterocycles. The van der Waals surface area contributed by atoms with E-state index in [9.17, 15) is 0 Å². The van der Waals surface area contributed by atoms with Crippen molar-refractivity contribution in [3.63, 3.8) is 0 Å². The molecule has 0 atom stereocenters. The molecule has 0 aliphatic rings. The van der Waals surface area contributed by atoms with Crippen LogP contribution in [0.4, 0.5) is 0 Å². The van der Waals surface area contributed by atoms with Crippen molar-refractivity contribution < 1.29 is 195 Å². The molecule has 1 radical (unpaired) electrons. The molecule has 8 heavy (non-hydrogen) atoms. The summed E-state index contributed by atoms with van der Waals surface area (Å²) < 4.78 is 0. The summed E-state index contributed by atoms with van der Waals surface area (Å²) in [6.45, 7) is 0. The van der Waals surface area contributed by atoms with Crippen molar-refractivity contribution in [1.82, 2.24) is 0 Å². The maximum atomic E-state index is 0.